The average Bonchev–Trinajstić information content (AvgIpc) is 3.01. The number of hydrogen-bond acceptors (Lipinski definition) is 4. The minimum Gasteiger partial charge on any atom is -0.486 e. The van der Waals surface area contributed by atoms with Crippen molar-refractivity contribution in [1.82, 2.24) is 4.98 Å². The second-order valence-corrected chi connectivity index (χ2v) is 7.03. The Labute approximate surface area is 159 Å². The standard InChI is InChI=1S/C18H14Cl2N2O2S/c19-12-4-6-16(7-5-12)24-10-18-22-15(11-25-18)9-17(23)21-14-3-1-2-13(20)8-14/h1-8,11H,9-10H2,(H,21,23). The molecule has 25 heavy (non-hydrogen) atoms. The van der Waals surface area contributed by atoms with Gasteiger partial charge in [-0.05, 0) is 42.5 Å². The molecule has 0 aliphatic heterocycles. The predicted octanol–water partition coefficient (Wildman–Crippen LogP) is 5.21. The number of amides is 1. The van der Waals surface area contributed by atoms with Gasteiger partial charge in [-0.15, -0.1) is 11.3 Å². The van der Waals surface area contributed by atoms with Crippen LogP contribution >= 0.6 is 34.5 Å². The van der Waals surface area contributed by atoms with E-state index in [9.17, 15) is 4.79 Å². The Morgan fingerprint density at radius 2 is 1.92 bits per heavy atom. The van der Waals surface area contributed by atoms with Gasteiger partial charge in [-0.2, -0.15) is 0 Å². The van der Waals surface area contributed by atoms with E-state index in [1.807, 2.05) is 5.38 Å². The van der Waals surface area contributed by atoms with Crippen molar-refractivity contribution in [2.75, 3.05) is 5.32 Å². The van der Waals surface area contributed by atoms with Crippen molar-refractivity contribution in [1.29, 1.82) is 0 Å². The minimum absolute atomic E-state index is 0.141. The number of carbonyl (C=O) groups excluding carboxylic acids is 1. The topological polar surface area (TPSA) is 51.2 Å². The number of thiazole rings is 1. The van der Waals surface area contributed by atoms with E-state index in [4.69, 9.17) is 27.9 Å². The maximum atomic E-state index is 12.1. The molecule has 3 rings (SSSR count). The van der Waals surface area contributed by atoms with Crippen LogP contribution in [-0.2, 0) is 17.8 Å². The molecule has 0 aliphatic carbocycles. The average molecular weight is 393 g/mol. The van der Waals surface area contributed by atoms with E-state index < -0.39 is 0 Å². The van der Waals surface area contributed by atoms with E-state index in [0.29, 0.717) is 28.0 Å². The molecule has 0 atom stereocenters. The predicted molar refractivity (Wildman–Crippen MR) is 102 cm³/mol. The lowest BCUT2D eigenvalue weighted by Gasteiger charge is -2.04. The molecule has 1 aromatic heterocycles. The molecule has 0 aliphatic rings. The maximum absolute atomic E-state index is 12.1. The van der Waals surface area contributed by atoms with Gasteiger partial charge < -0.3 is 10.1 Å². The van der Waals surface area contributed by atoms with Crippen LogP contribution in [0.4, 0.5) is 5.69 Å². The van der Waals surface area contributed by atoms with Crippen molar-refractivity contribution >= 4 is 46.1 Å². The Hall–Kier alpha value is -2.08. The van der Waals surface area contributed by atoms with Gasteiger partial charge in [-0.3, -0.25) is 4.79 Å². The summed E-state index contributed by atoms with van der Waals surface area (Å²) in [5.41, 5.74) is 1.37. The highest BCUT2D eigenvalue weighted by atomic mass is 35.5. The molecule has 0 unspecified atom stereocenters. The summed E-state index contributed by atoms with van der Waals surface area (Å²) in [6.45, 7) is 0.349. The third-order valence-corrected chi connectivity index (χ3v) is 4.58. The van der Waals surface area contributed by atoms with E-state index in [1.165, 1.54) is 11.3 Å². The van der Waals surface area contributed by atoms with E-state index in [-0.39, 0.29) is 12.3 Å². The Bertz CT molecular complexity index is 866. The van der Waals surface area contributed by atoms with Gasteiger partial charge in [-0.1, -0.05) is 29.3 Å². The summed E-state index contributed by atoms with van der Waals surface area (Å²) in [7, 11) is 0. The number of carbonyl (C=O) groups is 1. The highest BCUT2D eigenvalue weighted by molar-refractivity contribution is 7.09. The zero-order valence-corrected chi connectivity index (χ0v) is 15.4. The monoisotopic (exact) mass is 392 g/mol. The summed E-state index contributed by atoms with van der Waals surface area (Å²) in [5.74, 6) is 0.581. The number of ether oxygens (including phenoxy) is 1. The van der Waals surface area contributed by atoms with Crippen LogP contribution in [0, 0.1) is 0 Å². The van der Waals surface area contributed by atoms with Crippen LogP contribution in [0.2, 0.25) is 10.0 Å². The number of halogens is 2. The largest absolute Gasteiger partial charge is 0.486 e. The summed E-state index contributed by atoms with van der Waals surface area (Å²) in [4.78, 5) is 16.5. The molecule has 0 saturated heterocycles. The number of nitrogens with one attached hydrogen (secondary N) is 1. The molecule has 7 heteroatoms. The molecule has 2 aromatic carbocycles. The molecular formula is C18H14Cl2N2O2S. The Morgan fingerprint density at radius 3 is 2.68 bits per heavy atom. The van der Waals surface area contributed by atoms with Crippen LogP contribution in [0.1, 0.15) is 10.7 Å². The molecule has 1 heterocycles. The zero-order chi connectivity index (χ0) is 17.6. The Balaban J connectivity index is 1.52. The lowest BCUT2D eigenvalue weighted by molar-refractivity contribution is -0.115. The fourth-order valence-electron chi connectivity index (χ4n) is 2.11. The number of hydrogen-bond donors (Lipinski definition) is 1. The van der Waals surface area contributed by atoms with E-state index in [2.05, 4.69) is 10.3 Å². The van der Waals surface area contributed by atoms with Gasteiger partial charge >= 0.3 is 0 Å². The first-order valence-electron chi connectivity index (χ1n) is 7.45. The van der Waals surface area contributed by atoms with Gasteiger partial charge in [-0.25, -0.2) is 4.98 Å². The first-order chi connectivity index (χ1) is 12.1. The first-order valence-corrected chi connectivity index (χ1v) is 9.09. The fraction of sp³-hybridized carbons (Fsp3) is 0.111. The highest BCUT2D eigenvalue weighted by Crippen LogP contribution is 2.19. The number of anilines is 1. The van der Waals surface area contributed by atoms with Crippen LogP contribution in [0.15, 0.2) is 53.9 Å². The molecule has 1 N–H and O–H groups in total. The van der Waals surface area contributed by atoms with Gasteiger partial charge in [0.1, 0.15) is 17.4 Å². The van der Waals surface area contributed by atoms with Crippen LogP contribution in [-0.4, -0.2) is 10.9 Å². The molecule has 1 amide bonds. The SMILES string of the molecule is O=C(Cc1csc(COc2ccc(Cl)cc2)n1)Nc1cccc(Cl)c1. The summed E-state index contributed by atoms with van der Waals surface area (Å²) >= 11 is 13.2. The van der Waals surface area contributed by atoms with Crippen molar-refractivity contribution in [2.45, 2.75) is 13.0 Å². The smallest absolute Gasteiger partial charge is 0.230 e. The molecule has 0 saturated carbocycles. The number of benzene rings is 2. The van der Waals surface area contributed by atoms with Crippen LogP contribution in [0.3, 0.4) is 0 Å². The second-order valence-electron chi connectivity index (χ2n) is 5.21. The first kappa shape index (κ1) is 17.7. The maximum Gasteiger partial charge on any atom is 0.230 e. The molecular weight excluding hydrogens is 379 g/mol. The zero-order valence-electron chi connectivity index (χ0n) is 13.0. The summed E-state index contributed by atoms with van der Waals surface area (Å²) in [6, 6.07) is 14.2. The molecule has 0 bridgehead atoms. The molecule has 0 spiro atoms. The van der Waals surface area contributed by atoms with E-state index in [1.54, 1.807) is 48.5 Å². The van der Waals surface area contributed by atoms with Crippen LogP contribution in [0.25, 0.3) is 0 Å². The number of aromatic nitrogens is 1. The van der Waals surface area contributed by atoms with E-state index in [0.717, 1.165) is 10.8 Å². The molecule has 4 nitrogen and oxygen atoms in total. The lowest BCUT2D eigenvalue weighted by atomic mass is 10.3. The normalized spacial score (nSPS) is 10.5. The second kappa shape index (κ2) is 8.34. The van der Waals surface area contributed by atoms with Gasteiger partial charge in [0.2, 0.25) is 5.91 Å². The summed E-state index contributed by atoms with van der Waals surface area (Å²) < 4.78 is 5.65. The van der Waals surface area contributed by atoms with Gasteiger partial charge in [0.05, 0.1) is 12.1 Å². The third kappa shape index (κ3) is 5.46. The lowest BCUT2D eigenvalue weighted by Crippen LogP contribution is -2.14. The molecule has 0 radical (unpaired) electrons. The van der Waals surface area contributed by atoms with Crippen molar-refractivity contribution in [3.63, 3.8) is 0 Å². The van der Waals surface area contributed by atoms with Gasteiger partial charge in [0, 0.05) is 21.1 Å². The summed E-state index contributed by atoms with van der Waals surface area (Å²) in [5, 5.41) is 6.70. The molecule has 0 fully saturated rings. The minimum atomic E-state index is -0.141. The summed E-state index contributed by atoms with van der Waals surface area (Å²) in [6.07, 6.45) is 0.198. The number of nitrogens with zero attached hydrogens (tertiary/aromatic N) is 1. The van der Waals surface area contributed by atoms with Crippen molar-refractivity contribution in [3.8, 4) is 5.75 Å². The van der Waals surface area contributed by atoms with Crippen molar-refractivity contribution < 1.29 is 9.53 Å². The highest BCUT2D eigenvalue weighted by Gasteiger charge is 2.09. The molecule has 3 aromatic rings. The van der Waals surface area contributed by atoms with Crippen molar-refractivity contribution in [2.24, 2.45) is 0 Å². The van der Waals surface area contributed by atoms with Crippen LogP contribution < -0.4 is 10.1 Å². The van der Waals surface area contributed by atoms with Gasteiger partial charge in [0.25, 0.3) is 0 Å². The Kier molecular flexibility index (Phi) is 5.91. The van der Waals surface area contributed by atoms with Crippen LogP contribution in [0.5, 0.6) is 5.75 Å². The quantitative estimate of drug-likeness (QED) is 0.626. The fourth-order valence-corrected chi connectivity index (χ4v) is 3.13. The number of rotatable bonds is 6. The Morgan fingerprint density at radius 1 is 1.12 bits per heavy atom. The van der Waals surface area contributed by atoms with E-state index >= 15 is 0 Å². The van der Waals surface area contributed by atoms with Gasteiger partial charge in [0.15, 0.2) is 0 Å². The third-order valence-electron chi connectivity index (χ3n) is 3.23. The molecule has 128 valence electrons. The van der Waals surface area contributed by atoms with Crippen molar-refractivity contribution in [3.05, 3.63) is 74.7 Å².